The maximum atomic E-state index is 13.4. The minimum atomic E-state index is -0.355. The summed E-state index contributed by atoms with van der Waals surface area (Å²) in [5, 5.41) is 0.498. The molecule has 11 heteroatoms. The molecule has 0 bridgehead atoms. The summed E-state index contributed by atoms with van der Waals surface area (Å²) < 4.78 is 15.3. The van der Waals surface area contributed by atoms with E-state index in [2.05, 4.69) is 9.88 Å². The predicted octanol–water partition coefficient (Wildman–Crippen LogP) is 1.04. The highest BCUT2D eigenvalue weighted by Gasteiger charge is 2.29. The third kappa shape index (κ3) is 3.39. The summed E-state index contributed by atoms with van der Waals surface area (Å²) in [6.45, 7) is 5.16. The van der Waals surface area contributed by atoms with E-state index in [1.807, 2.05) is 21.6 Å². The van der Waals surface area contributed by atoms with Crippen molar-refractivity contribution >= 4 is 34.4 Å². The van der Waals surface area contributed by atoms with Crippen LogP contribution in [0.1, 0.15) is 0 Å². The minimum Gasteiger partial charge on any atom is -0.495 e. The standard InChI is InChI=1S/C21H25ClN6O4/c1-24-18-17(19(29)28(21(24)30)6-5-25-9-11-32-12-10-25)27-8-7-26(20(27)23-18)14-3-4-16(31-2)15(22)13-14/h3-4,13H,5-12H2,1-2H3. The highest BCUT2D eigenvalue weighted by atomic mass is 35.5. The molecule has 1 saturated heterocycles. The lowest BCUT2D eigenvalue weighted by atomic mass is 10.3. The Morgan fingerprint density at radius 2 is 1.91 bits per heavy atom. The number of hydrogen-bond donors (Lipinski definition) is 0. The van der Waals surface area contributed by atoms with Gasteiger partial charge in [0.1, 0.15) is 5.75 Å². The molecular weight excluding hydrogens is 436 g/mol. The molecule has 0 radical (unpaired) electrons. The first-order valence-electron chi connectivity index (χ1n) is 10.6. The number of aromatic nitrogens is 4. The summed E-state index contributed by atoms with van der Waals surface area (Å²) in [5.41, 5.74) is 1.03. The minimum absolute atomic E-state index is 0.301. The maximum Gasteiger partial charge on any atom is 0.332 e. The lowest BCUT2D eigenvalue weighted by Gasteiger charge is -2.26. The van der Waals surface area contributed by atoms with Crippen LogP contribution in [0.3, 0.4) is 0 Å². The highest BCUT2D eigenvalue weighted by Crippen LogP contribution is 2.35. The molecule has 1 aromatic carbocycles. The van der Waals surface area contributed by atoms with Gasteiger partial charge < -0.3 is 18.9 Å². The summed E-state index contributed by atoms with van der Waals surface area (Å²) in [6, 6.07) is 5.52. The van der Waals surface area contributed by atoms with E-state index in [1.54, 1.807) is 20.2 Å². The van der Waals surface area contributed by atoms with Gasteiger partial charge in [0.15, 0.2) is 11.2 Å². The Hall–Kier alpha value is -2.82. The van der Waals surface area contributed by atoms with Crippen molar-refractivity contribution in [3.8, 4) is 5.75 Å². The monoisotopic (exact) mass is 460 g/mol. The zero-order chi connectivity index (χ0) is 22.4. The van der Waals surface area contributed by atoms with Crippen LogP contribution in [0.15, 0.2) is 27.8 Å². The van der Waals surface area contributed by atoms with Gasteiger partial charge in [-0.1, -0.05) is 11.6 Å². The first-order valence-corrected chi connectivity index (χ1v) is 11.0. The van der Waals surface area contributed by atoms with Crippen molar-refractivity contribution in [1.29, 1.82) is 0 Å². The predicted molar refractivity (Wildman–Crippen MR) is 122 cm³/mol. The number of benzene rings is 1. The topological polar surface area (TPSA) is 86.8 Å². The van der Waals surface area contributed by atoms with Crippen LogP contribution in [0.2, 0.25) is 5.02 Å². The van der Waals surface area contributed by atoms with Gasteiger partial charge in [-0.25, -0.2) is 4.79 Å². The number of rotatable bonds is 5. The molecule has 0 aliphatic carbocycles. The molecule has 10 nitrogen and oxygen atoms in total. The van der Waals surface area contributed by atoms with E-state index < -0.39 is 0 Å². The SMILES string of the molecule is COc1ccc(N2CCn3c2nc2c3c(=O)n(CCN3CCOCC3)c(=O)n2C)cc1Cl. The number of ether oxygens (including phenoxy) is 2. The van der Waals surface area contributed by atoms with Crippen molar-refractivity contribution in [1.82, 2.24) is 23.6 Å². The Bertz CT molecular complexity index is 1290. The van der Waals surface area contributed by atoms with Crippen molar-refractivity contribution < 1.29 is 9.47 Å². The van der Waals surface area contributed by atoms with E-state index in [9.17, 15) is 9.59 Å². The van der Waals surface area contributed by atoms with Crippen molar-refractivity contribution in [2.75, 3.05) is 51.4 Å². The largest absolute Gasteiger partial charge is 0.495 e. The molecule has 2 aromatic heterocycles. The molecule has 1 fully saturated rings. The fourth-order valence-electron chi connectivity index (χ4n) is 4.41. The molecule has 5 rings (SSSR count). The zero-order valence-corrected chi connectivity index (χ0v) is 18.8. The number of aryl methyl sites for hydroxylation is 1. The van der Waals surface area contributed by atoms with Crippen LogP contribution in [-0.4, -0.2) is 70.1 Å². The number of imidazole rings is 1. The van der Waals surface area contributed by atoms with Crippen molar-refractivity contribution in [2.24, 2.45) is 7.05 Å². The van der Waals surface area contributed by atoms with Crippen LogP contribution in [0.4, 0.5) is 11.6 Å². The average molecular weight is 461 g/mol. The molecule has 0 amide bonds. The number of nitrogens with zero attached hydrogens (tertiary/aromatic N) is 6. The van der Waals surface area contributed by atoms with Crippen molar-refractivity contribution in [2.45, 2.75) is 13.1 Å². The lowest BCUT2D eigenvalue weighted by molar-refractivity contribution is 0.0361. The van der Waals surface area contributed by atoms with E-state index >= 15 is 0 Å². The Morgan fingerprint density at radius 3 is 2.62 bits per heavy atom. The Morgan fingerprint density at radius 1 is 1.12 bits per heavy atom. The first kappa shape index (κ1) is 21.0. The van der Waals surface area contributed by atoms with Crippen LogP contribution < -0.4 is 20.9 Å². The molecule has 0 saturated carbocycles. The third-order valence-electron chi connectivity index (χ3n) is 6.19. The second kappa shape index (κ2) is 8.27. The summed E-state index contributed by atoms with van der Waals surface area (Å²) in [6.07, 6.45) is 0. The van der Waals surface area contributed by atoms with E-state index in [-0.39, 0.29) is 11.2 Å². The summed E-state index contributed by atoms with van der Waals surface area (Å²) in [5.74, 6) is 1.22. The fourth-order valence-corrected chi connectivity index (χ4v) is 4.66. The molecular formula is C21H25ClN6O4. The van der Waals surface area contributed by atoms with Crippen LogP contribution in [0.25, 0.3) is 11.2 Å². The number of fused-ring (bicyclic) bond motifs is 3. The van der Waals surface area contributed by atoms with Gasteiger partial charge in [-0.15, -0.1) is 0 Å². The van der Waals surface area contributed by atoms with Crippen molar-refractivity contribution in [3.05, 3.63) is 44.1 Å². The smallest absolute Gasteiger partial charge is 0.332 e. The second-order valence-electron chi connectivity index (χ2n) is 7.96. The van der Waals surface area contributed by atoms with Gasteiger partial charge in [0.25, 0.3) is 5.56 Å². The van der Waals surface area contributed by atoms with Crippen LogP contribution in [0, 0.1) is 0 Å². The van der Waals surface area contributed by atoms with Gasteiger partial charge in [0.2, 0.25) is 5.95 Å². The molecule has 0 atom stereocenters. The van der Waals surface area contributed by atoms with Gasteiger partial charge in [0.05, 0.1) is 25.3 Å². The summed E-state index contributed by atoms with van der Waals surface area (Å²) in [7, 11) is 3.23. The highest BCUT2D eigenvalue weighted by molar-refractivity contribution is 6.32. The van der Waals surface area contributed by atoms with Crippen molar-refractivity contribution in [3.63, 3.8) is 0 Å². The average Bonchev–Trinajstić information content (AvgIpc) is 3.38. The van der Waals surface area contributed by atoms with E-state index in [1.165, 1.54) is 9.13 Å². The normalized spacial score (nSPS) is 16.7. The fraction of sp³-hybridized carbons (Fsp3) is 0.476. The number of morpholine rings is 1. The van der Waals surface area contributed by atoms with Gasteiger partial charge in [-0.3, -0.25) is 18.8 Å². The zero-order valence-electron chi connectivity index (χ0n) is 18.1. The van der Waals surface area contributed by atoms with E-state index in [0.29, 0.717) is 67.3 Å². The molecule has 3 aromatic rings. The maximum absolute atomic E-state index is 13.4. The Kier molecular flexibility index (Phi) is 5.44. The molecule has 4 heterocycles. The summed E-state index contributed by atoms with van der Waals surface area (Å²) >= 11 is 6.32. The van der Waals surface area contributed by atoms with E-state index in [4.69, 9.17) is 21.1 Å². The van der Waals surface area contributed by atoms with Gasteiger partial charge >= 0.3 is 5.69 Å². The van der Waals surface area contributed by atoms with Crippen LogP contribution in [0.5, 0.6) is 5.75 Å². The molecule has 0 N–H and O–H groups in total. The van der Waals surface area contributed by atoms with E-state index in [0.717, 1.165) is 18.8 Å². The Balaban J connectivity index is 1.54. The summed E-state index contributed by atoms with van der Waals surface area (Å²) in [4.78, 5) is 35.2. The van der Waals surface area contributed by atoms with Gasteiger partial charge in [-0.05, 0) is 18.2 Å². The van der Waals surface area contributed by atoms with Crippen LogP contribution >= 0.6 is 11.6 Å². The molecule has 2 aliphatic rings. The molecule has 170 valence electrons. The number of methoxy groups -OCH3 is 1. The first-order chi connectivity index (χ1) is 15.5. The number of halogens is 1. The molecule has 32 heavy (non-hydrogen) atoms. The Labute approximate surface area is 189 Å². The van der Waals surface area contributed by atoms with Crippen LogP contribution in [-0.2, 0) is 24.9 Å². The molecule has 0 unspecified atom stereocenters. The molecule has 0 spiro atoms. The second-order valence-corrected chi connectivity index (χ2v) is 8.37. The number of hydrogen-bond acceptors (Lipinski definition) is 7. The van der Waals surface area contributed by atoms with Gasteiger partial charge in [-0.2, -0.15) is 4.98 Å². The number of anilines is 2. The van der Waals surface area contributed by atoms with Gasteiger partial charge in [0, 0.05) is 52.0 Å². The lowest BCUT2D eigenvalue weighted by Crippen LogP contribution is -2.44. The third-order valence-corrected chi connectivity index (χ3v) is 6.49. The quantitative estimate of drug-likeness (QED) is 0.562. The molecule has 2 aliphatic heterocycles.